The molecule has 0 bridgehead atoms. The summed E-state index contributed by atoms with van der Waals surface area (Å²) in [5, 5.41) is 24.6. The lowest BCUT2D eigenvalue weighted by atomic mass is 10.0. The molecule has 0 aromatic carbocycles. The first-order chi connectivity index (χ1) is 13.6. The van der Waals surface area contributed by atoms with Crippen molar-refractivity contribution in [2.75, 3.05) is 11.9 Å². The summed E-state index contributed by atoms with van der Waals surface area (Å²) in [5.74, 6) is -0.515. The fourth-order valence-electron chi connectivity index (χ4n) is 2.90. The highest BCUT2D eigenvalue weighted by Crippen LogP contribution is 2.31. The van der Waals surface area contributed by atoms with E-state index < -0.39 is 17.7 Å². The average Bonchev–Trinajstić information content (AvgIpc) is 3.03. The van der Waals surface area contributed by atoms with Gasteiger partial charge in [-0.15, -0.1) is 0 Å². The number of aromatic amines is 1. The number of halogens is 1. The highest BCUT2D eigenvalue weighted by molar-refractivity contribution is 6.12. The van der Waals surface area contributed by atoms with Gasteiger partial charge >= 0.3 is 0 Å². The Morgan fingerprint density at radius 3 is 2.66 bits per heavy atom. The van der Waals surface area contributed by atoms with Crippen molar-refractivity contribution >= 4 is 33.7 Å². The summed E-state index contributed by atoms with van der Waals surface area (Å²) in [5.41, 5.74) is 1.94. The van der Waals surface area contributed by atoms with E-state index in [0.717, 1.165) is 0 Å². The van der Waals surface area contributed by atoms with E-state index in [1.165, 1.54) is 26.2 Å². The van der Waals surface area contributed by atoms with Gasteiger partial charge in [-0.1, -0.05) is 0 Å². The molecule has 0 aliphatic rings. The van der Waals surface area contributed by atoms with Crippen LogP contribution in [0.25, 0.3) is 22.1 Å². The molecule has 1 amide bonds. The third kappa shape index (κ3) is 4.12. The van der Waals surface area contributed by atoms with Crippen molar-refractivity contribution in [3.63, 3.8) is 0 Å². The fraction of sp³-hybridized carbons (Fsp3) is 0.400. The van der Waals surface area contributed by atoms with Gasteiger partial charge in [0.2, 0.25) is 0 Å². The lowest BCUT2D eigenvalue weighted by molar-refractivity contribution is -0.00177. The molecule has 8 nitrogen and oxygen atoms in total. The molecule has 3 heterocycles. The Balaban J connectivity index is 2.06. The number of amides is 1. The van der Waals surface area contributed by atoms with Crippen molar-refractivity contribution in [1.82, 2.24) is 20.3 Å². The van der Waals surface area contributed by atoms with E-state index in [9.17, 15) is 14.3 Å². The minimum atomic E-state index is -1.62. The maximum Gasteiger partial charge on any atom is 0.255 e. The molecule has 0 saturated heterocycles. The molecule has 9 heteroatoms. The van der Waals surface area contributed by atoms with Crippen molar-refractivity contribution in [3.05, 3.63) is 29.6 Å². The summed E-state index contributed by atoms with van der Waals surface area (Å²) in [4.78, 5) is 24.6. The Kier molecular flexibility index (Phi) is 5.40. The van der Waals surface area contributed by atoms with Crippen LogP contribution in [0.1, 0.15) is 43.6 Å². The smallest absolute Gasteiger partial charge is 0.255 e. The molecule has 3 aromatic heterocycles. The molecule has 152 valence electrons. The minimum Gasteiger partial charge on any atom is -0.387 e. The zero-order chi connectivity index (χ0) is 21.3. The lowest BCUT2D eigenvalue weighted by Crippen LogP contribution is -2.42. The lowest BCUT2D eigenvalue weighted by Gasteiger charge is -2.23. The molecule has 0 aliphatic carbocycles. The van der Waals surface area contributed by atoms with Crippen LogP contribution in [0.4, 0.5) is 10.1 Å². The third-order valence-electron chi connectivity index (χ3n) is 4.47. The maximum absolute atomic E-state index is 14.0. The van der Waals surface area contributed by atoms with Crippen LogP contribution in [0.15, 0.2) is 18.5 Å². The van der Waals surface area contributed by atoms with Gasteiger partial charge in [0, 0.05) is 18.4 Å². The Morgan fingerprint density at radius 2 is 2.03 bits per heavy atom. The predicted molar refractivity (Wildman–Crippen MR) is 108 cm³/mol. The molecule has 0 saturated carbocycles. The van der Waals surface area contributed by atoms with Gasteiger partial charge < -0.3 is 20.7 Å². The second-order valence-electron chi connectivity index (χ2n) is 7.76. The summed E-state index contributed by atoms with van der Waals surface area (Å²) < 4.78 is 14.0. The molecule has 0 aliphatic heterocycles. The summed E-state index contributed by atoms with van der Waals surface area (Å²) in [6.45, 7) is 6.20. The van der Waals surface area contributed by atoms with Crippen LogP contribution in [0.5, 0.6) is 0 Å². The summed E-state index contributed by atoms with van der Waals surface area (Å²) in [6, 6.07) is 3.71. The molecule has 0 radical (unpaired) electrons. The number of aliphatic hydroxyl groups is 1. The first-order valence-electron chi connectivity index (χ1n) is 9.23. The van der Waals surface area contributed by atoms with Gasteiger partial charge in [0.05, 0.1) is 40.0 Å². The third-order valence-corrected chi connectivity index (χ3v) is 4.47. The number of carbonyl (C=O) groups is 1. The molecule has 0 fully saturated rings. The van der Waals surface area contributed by atoms with Crippen LogP contribution < -0.4 is 10.6 Å². The number of alkyl halides is 1. The van der Waals surface area contributed by atoms with Crippen molar-refractivity contribution in [2.24, 2.45) is 0 Å². The average molecular weight is 398 g/mol. The number of fused-ring (bicyclic) bond motifs is 3. The normalized spacial score (nSPS) is 12.9. The minimum absolute atomic E-state index is 0.00601. The zero-order valence-electron chi connectivity index (χ0n) is 16.7. The van der Waals surface area contributed by atoms with Crippen molar-refractivity contribution in [1.29, 1.82) is 5.26 Å². The van der Waals surface area contributed by atoms with Crippen molar-refractivity contribution in [2.45, 2.75) is 45.5 Å². The van der Waals surface area contributed by atoms with Gasteiger partial charge in [-0.3, -0.25) is 14.8 Å². The number of nitrogens with zero attached hydrogens (tertiary/aromatic N) is 3. The summed E-state index contributed by atoms with van der Waals surface area (Å²) >= 11 is 0. The molecule has 3 rings (SSSR count). The van der Waals surface area contributed by atoms with Crippen LogP contribution in [0, 0.1) is 11.3 Å². The van der Waals surface area contributed by atoms with E-state index in [4.69, 9.17) is 5.26 Å². The Morgan fingerprint density at radius 1 is 1.34 bits per heavy atom. The van der Waals surface area contributed by atoms with Gasteiger partial charge in [-0.25, -0.2) is 4.39 Å². The second kappa shape index (κ2) is 7.64. The first kappa shape index (κ1) is 20.5. The number of anilines is 1. The molecular weight excluding hydrogens is 375 g/mol. The highest BCUT2D eigenvalue weighted by Gasteiger charge is 2.27. The zero-order valence-corrected chi connectivity index (χ0v) is 16.7. The summed E-state index contributed by atoms with van der Waals surface area (Å²) in [6.07, 6.45) is 1.25. The van der Waals surface area contributed by atoms with Crippen LogP contribution in [-0.4, -0.2) is 50.3 Å². The van der Waals surface area contributed by atoms with Gasteiger partial charge in [0.25, 0.3) is 5.91 Å². The SMILES string of the molecule is CC(C)Nc1c(C(=O)NC[C@@H](F)C(C)(C)O)cnc2c1[nH]c1cc(C#N)cnc12. The first-order valence-corrected chi connectivity index (χ1v) is 9.23. The molecular formula is C20H23FN6O2. The molecule has 0 unspecified atom stereocenters. The van der Waals surface area contributed by atoms with Gasteiger partial charge in [0.1, 0.15) is 23.3 Å². The van der Waals surface area contributed by atoms with E-state index >= 15 is 0 Å². The van der Waals surface area contributed by atoms with E-state index in [0.29, 0.717) is 33.3 Å². The van der Waals surface area contributed by atoms with Crippen LogP contribution in [-0.2, 0) is 0 Å². The van der Waals surface area contributed by atoms with E-state index in [-0.39, 0.29) is 18.2 Å². The number of hydrogen-bond donors (Lipinski definition) is 4. The van der Waals surface area contributed by atoms with Crippen LogP contribution in [0.2, 0.25) is 0 Å². The van der Waals surface area contributed by atoms with Gasteiger partial charge in [-0.2, -0.15) is 5.26 Å². The second-order valence-corrected chi connectivity index (χ2v) is 7.76. The highest BCUT2D eigenvalue weighted by atomic mass is 19.1. The topological polar surface area (TPSA) is 127 Å². The molecule has 4 N–H and O–H groups in total. The number of nitrogens with one attached hydrogen (secondary N) is 3. The molecule has 1 atom stereocenters. The Hall–Kier alpha value is -3.25. The number of rotatable bonds is 6. The van der Waals surface area contributed by atoms with E-state index in [1.807, 2.05) is 19.9 Å². The number of pyridine rings is 2. The van der Waals surface area contributed by atoms with E-state index in [1.54, 1.807) is 6.07 Å². The largest absolute Gasteiger partial charge is 0.387 e. The fourth-order valence-corrected chi connectivity index (χ4v) is 2.90. The van der Waals surface area contributed by atoms with Crippen LogP contribution in [0.3, 0.4) is 0 Å². The Bertz CT molecular complexity index is 1110. The Labute approximate surface area is 167 Å². The molecule has 29 heavy (non-hydrogen) atoms. The number of nitriles is 1. The number of aromatic nitrogens is 3. The van der Waals surface area contributed by atoms with Gasteiger partial charge in [0.15, 0.2) is 0 Å². The molecule has 0 spiro atoms. The maximum atomic E-state index is 14.0. The van der Waals surface area contributed by atoms with Crippen molar-refractivity contribution < 1.29 is 14.3 Å². The summed E-state index contributed by atoms with van der Waals surface area (Å²) in [7, 11) is 0. The van der Waals surface area contributed by atoms with Crippen LogP contribution >= 0.6 is 0 Å². The van der Waals surface area contributed by atoms with E-state index in [2.05, 4.69) is 25.6 Å². The number of carbonyl (C=O) groups excluding carboxylic acids is 1. The quantitative estimate of drug-likeness (QED) is 0.506. The molecule has 3 aromatic rings. The predicted octanol–water partition coefficient (Wildman–Crippen LogP) is 2.64. The standard InChI is InChI=1S/C20H23FN6O2/c1-10(2)26-15-12(19(28)25-9-14(21)20(3,4)29)8-24-17-16-13(27-18(15)17)5-11(6-22)7-23-16/h5,7-8,10,14,27,29H,9H2,1-4H3,(H,24,26)(H,25,28)/t14-/m1/s1. The monoisotopic (exact) mass is 398 g/mol. The number of H-pyrrole nitrogens is 1. The number of hydrogen-bond acceptors (Lipinski definition) is 6. The van der Waals surface area contributed by atoms with Gasteiger partial charge in [-0.05, 0) is 33.8 Å². The van der Waals surface area contributed by atoms with Crippen molar-refractivity contribution in [3.8, 4) is 6.07 Å².